The molecule has 0 spiro atoms. The lowest BCUT2D eigenvalue weighted by molar-refractivity contribution is -0.147. The highest BCUT2D eigenvalue weighted by Crippen LogP contribution is 2.32. The molecule has 0 bridgehead atoms. The van der Waals surface area contributed by atoms with Gasteiger partial charge in [0.05, 0.1) is 5.03 Å². The van der Waals surface area contributed by atoms with Crippen molar-refractivity contribution in [2.24, 2.45) is 0 Å². The van der Waals surface area contributed by atoms with E-state index >= 15 is 0 Å². The molecule has 1 aliphatic carbocycles. The van der Waals surface area contributed by atoms with Crippen LogP contribution < -0.4 is 4.74 Å². The van der Waals surface area contributed by atoms with E-state index in [0.717, 1.165) is 5.06 Å². The Morgan fingerprint density at radius 2 is 2.33 bits per heavy atom. The summed E-state index contributed by atoms with van der Waals surface area (Å²) in [7, 11) is 0. The SMILES string of the molecule is CC[C@H](OC1=C(Cl)[C@@H](Cl)[C@H](Oc2cccs2)C=C1)C(=O)O. The molecule has 0 fully saturated rings. The quantitative estimate of drug-likeness (QED) is 0.789. The van der Waals surface area contributed by atoms with E-state index in [1.807, 2.05) is 17.5 Å². The maximum Gasteiger partial charge on any atom is 0.344 e. The molecule has 7 heteroatoms. The standard InChI is InChI=1S/C14H14Cl2O4S/c1-2-8(14(17)18)19-9-5-6-10(13(16)12(9)15)20-11-4-3-7-21-11/h3-8,10,13H,2H2,1H3,(H,17,18)/t8-,10+,13-/m0/s1. The van der Waals surface area contributed by atoms with E-state index in [2.05, 4.69) is 0 Å². The number of ether oxygens (including phenoxy) is 2. The first-order valence-electron chi connectivity index (χ1n) is 6.34. The van der Waals surface area contributed by atoms with Crippen LogP contribution in [0.5, 0.6) is 5.06 Å². The molecule has 114 valence electrons. The summed E-state index contributed by atoms with van der Waals surface area (Å²) in [5.41, 5.74) is 0. The van der Waals surface area contributed by atoms with Crippen molar-refractivity contribution in [2.75, 3.05) is 0 Å². The van der Waals surface area contributed by atoms with Gasteiger partial charge in [0.2, 0.25) is 0 Å². The first kappa shape index (κ1) is 16.2. The van der Waals surface area contributed by atoms with Crippen molar-refractivity contribution in [3.05, 3.63) is 40.5 Å². The van der Waals surface area contributed by atoms with Crippen molar-refractivity contribution in [2.45, 2.75) is 30.9 Å². The summed E-state index contributed by atoms with van der Waals surface area (Å²) < 4.78 is 11.1. The van der Waals surface area contributed by atoms with Crippen molar-refractivity contribution < 1.29 is 19.4 Å². The number of allylic oxidation sites excluding steroid dienone is 1. The molecule has 0 saturated carbocycles. The molecule has 2 rings (SSSR count). The fourth-order valence-electron chi connectivity index (χ4n) is 1.76. The highest BCUT2D eigenvalue weighted by Gasteiger charge is 2.30. The van der Waals surface area contributed by atoms with Crippen LogP contribution in [0.4, 0.5) is 0 Å². The highest BCUT2D eigenvalue weighted by molar-refractivity contribution is 7.11. The zero-order valence-corrected chi connectivity index (χ0v) is 13.5. The molecule has 1 N–H and O–H groups in total. The number of carboxylic acid groups (broad SMARTS) is 1. The van der Waals surface area contributed by atoms with Gasteiger partial charge in [0.15, 0.2) is 11.2 Å². The first-order chi connectivity index (χ1) is 10.0. The minimum atomic E-state index is -1.04. The van der Waals surface area contributed by atoms with Gasteiger partial charge in [0.25, 0.3) is 0 Å². The van der Waals surface area contributed by atoms with Crippen molar-refractivity contribution in [1.82, 2.24) is 0 Å². The van der Waals surface area contributed by atoms with Gasteiger partial charge in [-0.1, -0.05) is 18.5 Å². The summed E-state index contributed by atoms with van der Waals surface area (Å²) in [5.74, 6) is -0.761. The predicted molar refractivity (Wildman–Crippen MR) is 83.2 cm³/mol. The summed E-state index contributed by atoms with van der Waals surface area (Å²) in [4.78, 5) is 11.0. The second-order valence-electron chi connectivity index (χ2n) is 4.34. The van der Waals surface area contributed by atoms with Crippen LogP contribution in [0.3, 0.4) is 0 Å². The van der Waals surface area contributed by atoms with Crippen LogP contribution >= 0.6 is 34.5 Å². The zero-order chi connectivity index (χ0) is 15.4. The van der Waals surface area contributed by atoms with E-state index < -0.39 is 23.6 Å². The van der Waals surface area contributed by atoms with Crippen LogP contribution in [0.1, 0.15) is 13.3 Å². The first-order valence-corrected chi connectivity index (χ1v) is 8.04. The lowest BCUT2D eigenvalue weighted by Crippen LogP contribution is -2.30. The molecule has 0 aliphatic heterocycles. The van der Waals surface area contributed by atoms with Gasteiger partial charge in [-0.05, 0) is 36.1 Å². The van der Waals surface area contributed by atoms with Crippen LogP contribution in [-0.2, 0) is 9.53 Å². The van der Waals surface area contributed by atoms with Crippen LogP contribution in [0.25, 0.3) is 0 Å². The largest absolute Gasteiger partial charge is 0.479 e. The van der Waals surface area contributed by atoms with Gasteiger partial charge in [-0.25, -0.2) is 4.79 Å². The van der Waals surface area contributed by atoms with Gasteiger partial charge in [-0.15, -0.1) is 22.9 Å². The molecule has 0 unspecified atom stereocenters. The number of halogens is 2. The van der Waals surface area contributed by atoms with E-state index in [9.17, 15) is 4.79 Å². The molecular weight excluding hydrogens is 335 g/mol. The van der Waals surface area contributed by atoms with E-state index in [0.29, 0.717) is 6.42 Å². The van der Waals surface area contributed by atoms with Crippen LogP contribution in [0, 0.1) is 0 Å². The van der Waals surface area contributed by atoms with Crippen LogP contribution in [0.2, 0.25) is 0 Å². The summed E-state index contributed by atoms with van der Waals surface area (Å²) in [6.45, 7) is 1.72. The molecule has 0 aromatic carbocycles. The Morgan fingerprint density at radius 3 is 2.90 bits per heavy atom. The average Bonchev–Trinajstić information content (AvgIpc) is 2.96. The van der Waals surface area contributed by atoms with Gasteiger partial charge < -0.3 is 14.6 Å². The fraction of sp³-hybridized carbons (Fsp3) is 0.357. The van der Waals surface area contributed by atoms with E-state index in [1.165, 1.54) is 11.3 Å². The zero-order valence-electron chi connectivity index (χ0n) is 11.2. The van der Waals surface area contributed by atoms with Crippen molar-refractivity contribution in [1.29, 1.82) is 0 Å². The summed E-state index contributed by atoms with van der Waals surface area (Å²) in [6.07, 6.45) is 2.28. The van der Waals surface area contributed by atoms with Gasteiger partial charge in [0.1, 0.15) is 17.2 Å². The lowest BCUT2D eigenvalue weighted by Gasteiger charge is -2.25. The van der Waals surface area contributed by atoms with Gasteiger partial charge in [-0.2, -0.15) is 0 Å². The number of hydrogen-bond acceptors (Lipinski definition) is 4. The molecule has 1 aliphatic rings. The third-order valence-electron chi connectivity index (χ3n) is 2.87. The predicted octanol–water partition coefficient (Wildman–Crippen LogP) is 4.00. The van der Waals surface area contributed by atoms with Gasteiger partial charge >= 0.3 is 5.97 Å². The number of thiophene rings is 1. The maximum atomic E-state index is 11.0. The summed E-state index contributed by atoms with van der Waals surface area (Å²) in [6, 6.07) is 3.71. The monoisotopic (exact) mass is 348 g/mol. The van der Waals surface area contributed by atoms with Crippen LogP contribution in [0.15, 0.2) is 40.5 Å². The smallest absolute Gasteiger partial charge is 0.344 e. The highest BCUT2D eigenvalue weighted by atomic mass is 35.5. The third kappa shape index (κ3) is 3.93. The maximum absolute atomic E-state index is 11.0. The Kier molecular flexibility index (Phi) is 5.56. The Balaban J connectivity index is 2.07. The second-order valence-corrected chi connectivity index (χ2v) is 6.13. The Morgan fingerprint density at radius 1 is 1.57 bits per heavy atom. The van der Waals surface area contributed by atoms with E-state index in [1.54, 1.807) is 19.1 Å². The van der Waals surface area contributed by atoms with E-state index in [4.69, 9.17) is 37.8 Å². The van der Waals surface area contributed by atoms with Crippen molar-refractivity contribution in [3.8, 4) is 5.06 Å². The molecule has 3 atom stereocenters. The molecule has 0 radical (unpaired) electrons. The molecule has 21 heavy (non-hydrogen) atoms. The van der Waals surface area contributed by atoms with E-state index in [-0.39, 0.29) is 10.8 Å². The lowest BCUT2D eigenvalue weighted by atomic mass is 10.1. The molecule has 1 aromatic heterocycles. The number of alkyl halides is 1. The minimum Gasteiger partial charge on any atom is -0.479 e. The minimum absolute atomic E-state index is 0.250. The second kappa shape index (κ2) is 7.20. The Bertz CT molecular complexity index is 553. The molecular formula is C14H14Cl2O4S. The average molecular weight is 349 g/mol. The molecule has 1 aromatic rings. The summed E-state index contributed by atoms with van der Waals surface area (Å²) in [5, 5.41) is 11.3. The van der Waals surface area contributed by atoms with Gasteiger partial charge in [-0.3, -0.25) is 0 Å². The number of aliphatic carboxylic acids is 1. The van der Waals surface area contributed by atoms with Gasteiger partial charge in [0, 0.05) is 0 Å². The number of carboxylic acids is 1. The molecule has 1 heterocycles. The Labute approximate surface area is 136 Å². The number of hydrogen-bond donors (Lipinski definition) is 1. The number of carbonyl (C=O) groups is 1. The molecule has 0 saturated heterocycles. The molecule has 0 amide bonds. The Hall–Kier alpha value is -1.17. The van der Waals surface area contributed by atoms with Crippen LogP contribution in [-0.4, -0.2) is 28.7 Å². The van der Waals surface area contributed by atoms with Crippen molar-refractivity contribution >= 4 is 40.5 Å². The van der Waals surface area contributed by atoms with Crippen molar-refractivity contribution in [3.63, 3.8) is 0 Å². The topological polar surface area (TPSA) is 55.8 Å². The normalized spacial score (nSPS) is 23.0. The summed E-state index contributed by atoms with van der Waals surface area (Å²) >= 11 is 13.9. The molecule has 4 nitrogen and oxygen atoms in total. The fourth-order valence-corrected chi connectivity index (χ4v) is 2.85. The number of rotatable bonds is 6. The third-order valence-corrected chi connectivity index (χ3v) is 4.62.